The molecule has 1 N–H and O–H groups in total. The molecule has 1 aromatic carbocycles. The summed E-state index contributed by atoms with van der Waals surface area (Å²) < 4.78 is 0. The molecule has 3 rings (SSSR count). The number of rotatable bonds is 4. The molecular weight excluding hydrogens is 294 g/mol. The molecule has 110 valence electrons. The highest BCUT2D eigenvalue weighted by atomic mass is 32.1. The van der Waals surface area contributed by atoms with Gasteiger partial charge in [0.05, 0.1) is 11.3 Å². The van der Waals surface area contributed by atoms with Crippen molar-refractivity contribution in [3.8, 4) is 11.3 Å². The molecule has 2 heterocycles. The number of aromatic nitrogens is 2. The summed E-state index contributed by atoms with van der Waals surface area (Å²) >= 11 is 1.41. The molecule has 0 atom stereocenters. The van der Waals surface area contributed by atoms with Gasteiger partial charge >= 0.3 is 0 Å². The molecule has 0 aliphatic heterocycles. The van der Waals surface area contributed by atoms with E-state index in [2.05, 4.69) is 46.5 Å². The van der Waals surface area contributed by atoms with Crippen LogP contribution in [-0.2, 0) is 6.42 Å². The van der Waals surface area contributed by atoms with Crippen LogP contribution in [0.25, 0.3) is 11.3 Å². The minimum atomic E-state index is -0.199. The Morgan fingerprint density at radius 3 is 2.73 bits per heavy atom. The Bertz CT molecular complexity index is 766. The SMILES string of the molecule is CCc1ccc(-c2csc(NC(=O)c3cccnc3)n2)cc1. The van der Waals surface area contributed by atoms with Crippen LogP contribution < -0.4 is 5.32 Å². The van der Waals surface area contributed by atoms with Crippen molar-refractivity contribution < 1.29 is 4.79 Å². The fraction of sp³-hybridized carbons (Fsp3) is 0.118. The van der Waals surface area contributed by atoms with Crippen LogP contribution in [0.1, 0.15) is 22.8 Å². The molecule has 22 heavy (non-hydrogen) atoms. The molecular formula is C17H15N3OS. The Morgan fingerprint density at radius 1 is 1.23 bits per heavy atom. The second-order valence-electron chi connectivity index (χ2n) is 4.78. The van der Waals surface area contributed by atoms with E-state index < -0.39 is 0 Å². The third-order valence-electron chi connectivity index (χ3n) is 3.31. The van der Waals surface area contributed by atoms with Gasteiger partial charge in [0, 0.05) is 23.3 Å². The lowest BCUT2D eigenvalue weighted by atomic mass is 10.1. The number of nitrogens with one attached hydrogen (secondary N) is 1. The highest BCUT2D eigenvalue weighted by Gasteiger charge is 2.09. The number of hydrogen-bond donors (Lipinski definition) is 1. The molecule has 3 aromatic rings. The first kappa shape index (κ1) is 14.4. The van der Waals surface area contributed by atoms with E-state index in [0.717, 1.165) is 17.7 Å². The van der Waals surface area contributed by atoms with Gasteiger partial charge in [0.25, 0.3) is 5.91 Å². The second-order valence-corrected chi connectivity index (χ2v) is 5.64. The van der Waals surface area contributed by atoms with Gasteiger partial charge in [0.1, 0.15) is 0 Å². The zero-order valence-electron chi connectivity index (χ0n) is 12.1. The number of thiazole rings is 1. The van der Waals surface area contributed by atoms with Crippen molar-refractivity contribution in [1.29, 1.82) is 0 Å². The molecule has 4 nitrogen and oxygen atoms in total. The molecule has 2 aromatic heterocycles. The first-order chi connectivity index (χ1) is 10.8. The van der Waals surface area contributed by atoms with Gasteiger partial charge in [0.15, 0.2) is 5.13 Å². The number of hydrogen-bond acceptors (Lipinski definition) is 4. The fourth-order valence-electron chi connectivity index (χ4n) is 2.04. The second kappa shape index (κ2) is 6.49. The molecule has 0 saturated carbocycles. The first-order valence-electron chi connectivity index (χ1n) is 7.02. The van der Waals surface area contributed by atoms with Gasteiger partial charge in [-0.15, -0.1) is 11.3 Å². The number of anilines is 1. The number of amides is 1. The lowest BCUT2D eigenvalue weighted by molar-refractivity contribution is 0.102. The summed E-state index contributed by atoms with van der Waals surface area (Å²) in [6, 6.07) is 11.8. The lowest BCUT2D eigenvalue weighted by Gasteiger charge is -2.01. The Hall–Kier alpha value is -2.53. The van der Waals surface area contributed by atoms with Crippen LogP contribution >= 0.6 is 11.3 Å². The Labute approximate surface area is 132 Å². The topological polar surface area (TPSA) is 54.9 Å². The molecule has 5 heteroatoms. The van der Waals surface area contributed by atoms with E-state index in [0.29, 0.717) is 10.7 Å². The van der Waals surface area contributed by atoms with Crippen molar-refractivity contribution in [3.63, 3.8) is 0 Å². The Morgan fingerprint density at radius 2 is 2.05 bits per heavy atom. The van der Waals surface area contributed by atoms with Crippen LogP contribution in [0, 0.1) is 0 Å². The lowest BCUT2D eigenvalue weighted by Crippen LogP contribution is -2.11. The molecule has 1 amide bonds. The monoisotopic (exact) mass is 309 g/mol. The number of carbonyl (C=O) groups excluding carboxylic acids is 1. The standard InChI is InChI=1S/C17H15N3OS/c1-2-12-5-7-13(8-6-12)15-11-22-17(19-15)20-16(21)14-4-3-9-18-10-14/h3-11H,2H2,1H3,(H,19,20,21). The zero-order valence-corrected chi connectivity index (χ0v) is 12.9. The van der Waals surface area contributed by atoms with Gasteiger partial charge in [-0.1, -0.05) is 31.2 Å². The molecule has 0 fully saturated rings. The third-order valence-corrected chi connectivity index (χ3v) is 4.06. The fourth-order valence-corrected chi connectivity index (χ4v) is 2.76. The molecule has 0 radical (unpaired) electrons. The molecule has 0 aliphatic carbocycles. The van der Waals surface area contributed by atoms with Crippen LogP contribution in [-0.4, -0.2) is 15.9 Å². The van der Waals surface area contributed by atoms with Gasteiger partial charge < -0.3 is 0 Å². The summed E-state index contributed by atoms with van der Waals surface area (Å²) in [5.41, 5.74) is 3.74. The smallest absolute Gasteiger partial charge is 0.259 e. The quantitative estimate of drug-likeness (QED) is 0.792. The highest BCUT2D eigenvalue weighted by molar-refractivity contribution is 7.14. The van der Waals surface area contributed by atoms with E-state index in [-0.39, 0.29) is 5.91 Å². The zero-order chi connectivity index (χ0) is 15.4. The number of carbonyl (C=O) groups is 1. The summed E-state index contributed by atoms with van der Waals surface area (Å²) in [6.07, 6.45) is 4.19. The largest absolute Gasteiger partial charge is 0.298 e. The van der Waals surface area contributed by atoms with Crippen molar-refractivity contribution in [2.45, 2.75) is 13.3 Å². The molecule has 0 bridgehead atoms. The van der Waals surface area contributed by atoms with E-state index in [9.17, 15) is 4.79 Å². The van der Waals surface area contributed by atoms with Crippen molar-refractivity contribution in [2.24, 2.45) is 0 Å². The Kier molecular flexibility index (Phi) is 4.25. The van der Waals surface area contributed by atoms with Crippen molar-refractivity contribution >= 4 is 22.4 Å². The van der Waals surface area contributed by atoms with Crippen LogP contribution in [0.4, 0.5) is 5.13 Å². The molecule has 0 aliphatic rings. The number of pyridine rings is 1. The van der Waals surface area contributed by atoms with Gasteiger partial charge in [-0.2, -0.15) is 0 Å². The molecule has 0 saturated heterocycles. The minimum Gasteiger partial charge on any atom is -0.298 e. The number of aryl methyl sites for hydroxylation is 1. The van der Waals surface area contributed by atoms with Gasteiger partial charge in [-0.05, 0) is 24.1 Å². The average molecular weight is 309 g/mol. The number of nitrogens with zero attached hydrogens (tertiary/aromatic N) is 2. The van der Waals surface area contributed by atoms with Gasteiger partial charge in [0.2, 0.25) is 0 Å². The van der Waals surface area contributed by atoms with Crippen LogP contribution in [0.5, 0.6) is 0 Å². The maximum Gasteiger partial charge on any atom is 0.259 e. The van der Waals surface area contributed by atoms with E-state index in [1.54, 1.807) is 18.3 Å². The van der Waals surface area contributed by atoms with Crippen molar-refractivity contribution in [3.05, 3.63) is 65.3 Å². The van der Waals surface area contributed by atoms with Crippen LogP contribution in [0.2, 0.25) is 0 Å². The van der Waals surface area contributed by atoms with E-state index in [1.165, 1.54) is 23.1 Å². The normalized spacial score (nSPS) is 10.4. The average Bonchev–Trinajstić information content (AvgIpc) is 3.04. The van der Waals surface area contributed by atoms with Gasteiger partial charge in [-0.3, -0.25) is 15.1 Å². The number of benzene rings is 1. The summed E-state index contributed by atoms with van der Waals surface area (Å²) in [5.74, 6) is -0.199. The maximum absolute atomic E-state index is 12.1. The van der Waals surface area contributed by atoms with E-state index in [4.69, 9.17) is 0 Å². The minimum absolute atomic E-state index is 0.199. The predicted molar refractivity (Wildman–Crippen MR) is 89.1 cm³/mol. The molecule has 0 spiro atoms. The maximum atomic E-state index is 12.1. The van der Waals surface area contributed by atoms with Crippen molar-refractivity contribution in [2.75, 3.05) is 5.32 Å². The van der Waals surface area contributed by atoms with E-state index >= 15 is 0 Å². The highest BCUT2D eigenvalue weighted by Crippen LogP contribution is 2.25. The van der Waals surface area contributed by atoms with Crippen LogP contribution in [0.3, 0.4) is 0 Å². The third kappa shape index (κ3) is 3.20. The summed E-state index contributed by atoms with van der Waals surface area (Å²) in [4.78, 5) is 20.5. The first-order valence-corrected chi connectivity index (χ1v) is 7.90. The van der Waals surface area contributed by atoms with Gasteiger partial charge in [-0.25, -0.2) is 4.98 Å². The summed E-state index contributed by atoms with van der Waals surface area (Å²) in [7, 11) is 0. The summed E-state index contributed by atoms with van der Waals surface area (Å²) in [6.45, 7) is 2.13. The van der Waals surface area contributed by atoms with Crippen LogP contribution in [0.15, 0.2) is 54.2 Å². The van der Waals surface area contributed by atoms with E-state index in [1.807, 2.05) is 5.38 Å². The summed E-state index contributed by atoms with van der Waals surface area (Å²) in [5, 5.41) is 5.33. The molecule has 0 unspecified atom stereocenters. The Balaban J connectivity index is 1.74. The predicted octanol–water partition coefficient (Wildman–Crippen LogP) is 4.02. The van der Waals surface area contributed by atoms with Crippen molar-refractivity contribution in [1.82, 2.24) is 9.97 Å².